The van der Waals surface area contributed by atoms with Crippen molar-refractivity contribution in [3.8, 4) is 0 Å². The molecule has 2 aromatic carbocycles. The van der Waals surface area contributed by atoms with Gasteiger partial charge in [-0.15, -0.1) is 0 Å². The summed E-state index contributed by atoms with van der Waals surface area (Å²) in [5.74, 6) is 0.629. The van der Waals surface area contributed by atoms with Crippen molar-refractivity contribution in [2.75, 3.05) is 39.3 Å². The van der Waals surface area contributed by atoms with Crippen LogP contribution in [0.2, 0.25) is 0 Å². The molecule has 8 nitrogen and oxygen atoms in total. The average molecular weight is 483 g/mol. The number of hydrogen-bond acceptors (Lipinski definition) is 6. The second-order valence-electron chi connectivity index (χ2n) is 9.14. The number of piperazine rings is 1. The monoisotopic (exact) mass is 482 g/mol. The zero-order valence-corrected chi connectivity index (χ0v) is 20.3. The van der Waals surface area contributed by atoms with Crippen molar-refractivity contribution in [3.05, 3.63) is 59.5 Å². The van der Waals surface area contributed by atoms with E-state index in [1.807, 2.05) is 36.1 Å². The average Bonchev–Trinajstić information content (AvgIpc) is 3.26. The molecule has 0 N–H and O–H groups in total. The van der Waals surface area contributed by atoms with Crippen LogP contribution in [-0.2, 0) is 16.6 Å². The molecule has 1 aromatic heterocycles. The maximum atomic E-state index is 13.0. The lowest BCUT2D eigenvalue weighted by molar-refractivity contribution is 0.0724. The molecule has 180 valence electrons. The number of amides is 1. The third kappa shape index (κ3) is 4.73. The lowest BCUT2D eigenvalue weighted by Crippen LogP contribution is -2.48. The summed E-state index contributed by atoms with van der Waals surface area (Å²) in [6, 6.07) is 12.5. The molecule has 0 spiro atoms. The minimum Gasteiger partial charge on any atom is -0.439 e. The molecule has 0 radical (unpaired) electrons. The number of oxazole rings is 1. The van der Waals surface area contributed by atoms with Crippen molar-refractivity contribution in [1.29, 1.82) is 0 Å². The van der Waals surface area contributed by atoms with Gasteiger partial charge in [0.1, 0.15) is 5.52 Å². The lowest BCUT2D eigenvalue weighted by atomic mass is 10.1. The standard InChI is InChI=1S/C25H30N4O4S/c1-19-6-5-7-21(16-19)34(31,32)29-14-12-27(13-15-29)18-24-26-22-17-20(8-9-23(22)33-24)25(30)28-10-3-2-4-11-28/h5-9,16-17H,2-4,10-15,18H2,1H3. The summed E-state index contributed by atoms with van der Waals surface area (Å²) < 4.78 is 33.4. The minimum atomic E-state index is -3.49. The van der Waals surface area contributed by atoms with Gasteiger partial charge in [0.05, 0.1) is 11.4 Å². The minimum absolute atomic E-state index is 0.0529. The first-order valence-electron chi connectivity index (χ1n) is 11.9. The molecule has 3 aromatic rings. The molecule has 2 aliphatic rings. The number of carbonyl (C=O) groups is 1. The van der Waals surface area contributed by atoms with Crippen LogP contribution < -0.4 is 0 Å². The van der Waals surface area contributed by atoms with E-state index in [0.717, 1.165) is 31.5 Å². The number of benzene rings is 2. The first kappa shape index (κ1) is 23.0. The van der Waals surface area contributed by atoms with Crippen molar-refractivity contribution >= 4 is 27.0 Å². The highest BCUT2D eigenvalue weighted by Crippen LogP contribution is 2.22. The van der Waals surface area contributed by atoms with E-state index in [4.69, 9.17) is 4.42 Å². The number of fused-ring (bicyclic) bond motifs is 1. The van der Waals surface area contributed by atoms with E-state index in [0.29, 0.717) is 60.2 Å². The van der Waals surface area contributed by atoms with E-state index < -0.39 is 10.0 Å². The summed E-state index contributed by atoms with van der Waals surface area (Å²) in [5.41, 5.74) is 2.91. The molecular formula is C25H30N4O4S. The molecule has 2 fully saturated rings. The van der Waals surface area contributed by atoms with Gasteiger partial charge in [-0.3, -0.25) is 9.69 Å². The fraction of sp³-hybridized carbons (Fsp3) is 0.440. The Kier molecular flexibility index (Phi) is 6.42. The van der Waals surface area contributed by atoms with Crippen LogP contribution in [0.4, 0.5) is 0 Å². The van der Waals surface area contributed by atoms with Crippen molar-refractivity contribution in [2.24, 2.45) is 0 Å². The summed E-state index contributed by atoms with van der Waals surface area (Å²) in [4.78, 5) is 21.8. The van der Waals surface area contributed by atoms with E-state index in [9.17, 15) is 13.2 Å². The molecule has 1 amide bonds. The smallest absolute Gasteiger partial charge is 0.253 e. The van der Waals surface area contributed by atoms with Gasteiger partial charge in [-0.25, -0.2) is 13.4 Å². The molecule has 34 heavy (non-hydrogen) atoms. The van der Waals surface area contributed by atoms with Crippen LogP contribution in [-0.4, -0.2) is 72.7 Å². The predicted octanol–water partition coefficient (Wildman–Crippen LogP) is 3.27. The second-order valence-corrected chi connectivity index (χ2v) is 11.1. The third-order valence-corrected chi connectivity index (χ3v) is 8.53. The highest BCUT2D eigenvalue weighted by Gasteiger charge is 2.29. The highest BCUT2D eigenvalue weighted by atomic mass is 32.2. The van der Waals surface area contributed by atoms with Gasteiger partial charge >= 0.3 is 0 Å². The van der Waals surface area contributed by atoms with E-state index in [1.165, 1.54) is 6.42 Å². The number of aromatic nitrogens is 1. The maximum Gasteiger partial charge on any atom is 0.253 e. The Morgan fingerprint density at radius 1 is 0.971 bits per heavy atom. The van der Waals surface area contributed by atoms with Crippen molar-refractivity contribution < 1.29 is 17.6 Å². The van der Waals surface area contributed by atoms with Gasteiger partial charge in [0.15, 0.2) is 5.58 Å². The summed E-state index contributed by atoms with van der Waals surface area (Å²) in [6.45, 7) is 6.06. The summed E-state index contributed by atoms with van der Waals surface area (Å²) >= 11 is 0. The van der Waals surface area contributed by atoms with Gasteiger partial charge in [0.2, 0.25) is 15.9 Å². The van der Waals surface area contributed by atoms with Crippen LogP contribution in [0.15, 0.2) is 51.8 Å². The highest BCUT2D eigenvalue weighted by molar-refractivity contribution is 7.89. The van der Waals surface area contributed by atoms with E-state index in [2.05, 4.69) is 9.88 Å². The predicted molar refractivity (Wildman–Crippen MR) is 129 cm³/mol. The lowest BCUT2D eigenvalue weighted by Gasteiger charge is -2.33. The van der Waals surface area contributed by atoms with Gasteiger partial charge in [-0.2, -0.15) is 4.31 Å². The summed E-state index contributed by atoms with van der Waals surface area (Å²) in [5, 5.41) is 0. The maximum absolute atomic E-state index is 13.0. The Labute approximate surface area is 200 Å². The first-order chi connectivity index (χ1) is 16.4. The molecule has 0 bridgehead atoms. The molecule has 0 saturated carbocycles. The van der Waals surface area contributed by atoms with E-state index >= 15 is 0 Å². The zero-order chi connectivity index (χ0) is 23.7. The molecule has 5 rings (SSSR count). The van der Waals surface area contributed by atoms with Crippen LogP contribution in [0.5, 0.6) is 0 Å². The van der Waals surface area contributed by atoms with Crippen LogP contribution in [0.3, 0.4) is 0 Å². The zero-order valence-electron chi connectivity index (χ0n) is 19.4. The van der Waals surface area contributed by atoms with Crippen molar-refractivity contribution in [1.82, 2.24) is 19.1 Å². The van der Waals surface area contributed by atoms with Crippen LogP contribution in [0.1, 0.15) is 41.1 Å². The number of carbonyl (C=O) groups excluding carboxylic acids is 1. The van der Waals surface area contributed by atoms with Gasteiger partial charge < -0.3 is 9.32 Å². The molecule has 9 heteroatoms. The molecule has 0 atom stereocenters. The summed E-state index contributed by atoms with van der Waals surface area (Å²) in [6.07, 6.45) is 3.30. The Hall–Kier alpha value is -2.75. The second kappa shape index (κ2) is 9.48. The van der Waals surface area contributed by atoms with Gasteiger partial charge in [0.25, 0.3) is 5.91 Å². The Morgan fingerprint density at radius 3 is 2.47 bits per heavy atom. The Morgan fingerprint density at radius 2 is 1.74 bits per heavy atom. The van der Waals surface area contributed by atoms with Crippen LogP contribution in [0.25, 0.3) is 11.1 Å². The first-order valence-corrected chi connectivity index (χ1v) is 13.3. The number of aryl methyl sites for hydroxylation is 1. The molecule has 2 aliphatic heterocycles. The molecule has 2 saturated heterocycles. The van der Waals surface area contributed by atoms with E-state index in [1.54, 1.807) is 22.5 Å². The number of hydrogen-bond donors (Lipinski definition) is 0. The Bertz CT molecular complexity index is 1290. The molecule has 0 aliphatic carbocycles. The topological polar surface area (TPSA) is 87.0 Å². The largest absolute Gasteiger partial charge is 0.439 e. The molecule has 3 heterocycles. The fourth-order valence-electron chi connectivity index (χ4n) is 4.70. The van der Waals surface area contributed by atoms with Crippen LogP contribution >= 0.6 is 0 Å². The number of sulfonamides is 1. The summed E-state index contributed by atoms with van der Waals surface area (Å²) in [7, 11) is -3.49. The molecule has 0 unspecified atom stereocenters. The van der Waals surface area contributed by atoms with Gasteiger partial charge in [0, 0.05) is 44.8 Å². The number of piperidine rings is 1. The fourth-order valence-corrected chi connectivity index (χ4v) is 6.23. The molecular weight excluding hydrogens is 452 g/mol. The van der Waals surface area contributed by atoms with Gasteiger partial charge in [-0.1, -0.05) is 12.1 Å². The SMILES string of the molecule is Cc1cccc(S(=O)(=O)N2CCN(Cc3nc4cc(C(=O)N5CCCCC5)ccc4o3)CC2)c1. The third-order valence-electron chi connectivity index (χ3n) is 6.64. The normalized spacial score (nSPS) is 18.4. The van der Waals surface area contributed by atoms with E-state index in [-0.39, 0.29) is 5.91 Å². The number of nitrogens with zero attached hydrogens (tertiary/aromatic N) is 4. The van der Waals surface area contributed by atoms with Crippen LogP contribution in [0, 0.1) is 6.92 Å². The van der Waals surface area contributed by atoms with Crippen molar-refractivity contribution in [3.63, 3.8) is 0 Å². The van der Waals surface area contributed by atoms with Crippen molar-refractivity contribution in [2.45, 2.75) is 37.6 Å². The quantitative estimate of drug-likeness (QED) is 0.555. The number of likely N-dealkylation sites (tertiary alicyclic amines) is 1. The van der Waals surface area contributed by atoms with Gasteiger partial charge in [-0.05, 0) is 62.1 Å². The Balaban J connectivity index is 1.22. The number of rotatable bonds is 5.